The van der Waals surface area contributed by atoms with E-state index < -0.39 is 5.91 Å². The summed E-state index contributed by atoms with van der Waals surface area (Å²) in [5.41, 5.74) is 8.42. The molecule has 4 rings (SSSR count). The van der Waals surface area contributed by atoms with E-state index in [4.69, 9.17) is 10.5 Å². The molecule has 0 aliphatic carbocycles. The maximum atomic E-state index is 12.8. The Kier molecular flexibility index (Phi) is 8.00. The second-order valence-corrected chi connectivity index (χ2v) is 8.77. The van der Waals surface area contributed by atoms with Crippen molar-refractivity contribution in [1.82, 2.24) is 10.2 Å². The van der Waals surface area contributed by atoms with Crippen LogP contribution < -0.4 is 20.7 Å². The van der Waals surface area contributed by atoms with Crippen LogP contribution in [0.5, 0.6) is 5.75 Å². The number of primary amides is 1. The van der Waals surface area contributed by atoms with E-state index in [0.717, 1.165) is 31.7 Å². The van der Waals surface area contributed by atoms with Gasteiger partial charge in [-0.15, -0.1) is 0 Å². The molecule has 1 heterocycles. The molecule has 0 radical (unpaired) electrons. The zero-order valence-electron chi connectivity index (χ0n) is 20.0. The number of carbonyl (C=O) groups is 2. The lowest BCUT2D eigenvalue weighted by Gasteiger charge is -2.39. The zero-order valence-corrected chi connectivity index (χ0v) is 20.0. The van der Waals surface area contributed by atoms with Gasteiger partial charge >= 0.3 is 0 Å². The van der Waals surface area contributed by atoms with Gasteiger partial charge in [0.1, 0.15) is 12.4 Å². The van der Waals surface area contributed by atoms with Crippen LogP contribution in [0.25, 0.3) is 0 Å². The number of amides is 2. The number of para-hydroxylation sites is 2. The molecule has 0 spiro atoms. The number of rotatable bonds is 9. The number of anilines is 1. The average Bonchev–Trinajstić information content (AvgIpc) is 2.91. The minimum absolute atomic E-state index is 0.112. The third kappa shape index (κ3) is 6.39. The fraction of sp³-hybridized carbons (Fsp3) is 0.286. The van der Waals surface area contributed by atoms with Gasteiger partial charge < -0.3 is 20.7 Å². The Morgan fingerprint density at radius 2 is 1.66 bits per heavy atom. The molecular weight excluding hydrogens is 440 g/mol. The Labute approximate surface area is 206 Å². The summed E-state index contributed by atoms with van der Waals surface area (Å²) < 4.78 is 5.79. The fourth-order valence-electron chi connectivity index (χ4n) is 4.29. The molecule has 1 unspecified atom stereocenters. The summed E-state index contributed by atoms with van der Waals surface area (Å²) in [5.74, 6) is -0.223. The number of piperazine rings is 1. The Morgan fingerprint density at radius 3 is 2.40 bits per heavy atom. The van der Waals surface area contributed by atoms with Gasteiger partial charge in [-0.05, 0) is 48.9 Å². The number of nitrogens with two attached hydrogens (primary N) is 1. The molecule has 3 aromatic carbocycles. The third-order valence-corrected chi connectivity index (χ3v) is 6.35. The number of hydrogen-bond donors (Lipinski definition) is 2. The zero-order chi connectivity index (χ0) is 24.6. The number of ether oxygens (including phenoxy) is 1. The predicted octanol–water partition coefficient (Wildman–Crippen LogP) is 3.31. The van der Waals surface area contributed by atoms with Crippen molar-refractivity contribution in [3.05, 3.63) is 95.6 Å². The topological polar surface area (TPSA) is 87.9 Å². The van der Waals surface area contributed by atoms with Crippen LogP contribution in [-0.4, -0.2) is 55.5 Å². The number of nitrogens with zero attached hydrogens (tertiary/aromatic N) is 2. The Balaban J connectivity index is 1.26. The molecule has 0 saturated carbocycles. The van der Waals surface area contributed by atoms with Crippen molar-refractivity contribution in [2.45, 2.75) is 19.6 Å². The number of carbonyl (C=O) groups excluding carboxylic acids is 2. The van der Waals surface area contributed by atoms with Crippen LogP contribution >= 0.6 is 0 Å². The SMILES string of the molecule is CC(CNC(=O)c1cccc(COc2ccccc2C(N)=O)c1)N1CCN(c2ccccc2)CC1. The van der Waals surface area contributed by atoms with Crippen molar-refractivity contribution in [3.63, 3.8) is 0 Å². The van der Waals surface area contributed by atoms with E-state index in [9.17, 15) is 9.59 Å². The smallest absolute Gasteiger partial charge is 0.252 e. The predicted molar refractivity (Wildman–Crippen MR) is 138 cm³/mol. The highest BCUT2D eigenvalue weighted by molar-refractivity contribution is 5.95. The van der Waals surface area contributed by atoms with Crippen molar-refractivity contribution < 1.29 is 14.3 Å². The molecule has 1 aliphatic rings. The Morgan fingerprint density at radius 1 is 0.943 bits per heavy atom. The first-order valence-electron chi connectivity index (χ1n) is 11.9. The summed E-state index contributed by atoms with van der Waals surface area (Å²) in [6.07, 6.45) is 0. The molecule has 0 bridgehead atoms. The van der Waals surface area contributed by atoms with Gasteiger partial charge in [-0.2, -0.15) is 0 Å². The molecule has 2 amide bonds. The van der Waals surface area contributed by atoms with E-state index in [-0.39, 0.29) is 18.6 Å². The molecule has 7 nitrogen and oxygen atoms in total. The van der Waals surface area contributed by atoms with Gasteiger partial charge in [-0.25, -0.2) is 0 Å². The van der Waals surface area contributed by atoms with Crippen LogP contribution in [0.15, 0.2) is 78.9 Å². The van der Waals surface area contributed by atoms with Gasteiger partial charge in [-0.3, -0.25) is 14.5 Å². The van der Waals surface area contributed by atoms with Crippen LogP contribution in [0.3, 0.4) is 0 Å². The molecule has 1 saturated heterocycles. The summed E-state index contributed by atoms with van der Waals surface area (Å²) in [4.78, 5) is 29.2. The fourth-order valence-corrected chi connectivity index (χ4v) is 4.29. The molecule has 0 aromatic heterocycles. The van der Waals surface area contributed by atoms with E-state index >= 15 is 0 Å². The van der Waals surface area contributed by atoms with E-state index in [2.05, 4.69) is 46.3 Å². The number of hydrogen-bond acceptors (Lipinski definition) is 5. The largest absolute Gasteiger partial charge is 0.488 e. The summed E-state index contributed by atoms with van der Waals surface area (Å²) >= 11 is 0. The molecule has 7 heteroatoms. The maximum Gasteiger partial charge on any atom is 0.252 e. The Hall–Kier alpha value is -3.84. The highest BCUT2D eigenvalue weighted by Gasteiger charge is 2.21. The van der Waals surface area contributed by atoms with E-state index in [1.54, 1.807) is 30.3 Å². The van der Waals surface area contributed by atoms with Gasteiger partial charge in [0.2, 0.25) is 0 Å². The van der Waals surface area contributed by atoms with Gasteiger partial charge in [0.05, 0.1) is 5.56 Å². The van der Waals surface area contributed by atoms with Crippen molar-refractivity contribution in [1.29, 1.82) is 0 Å². The molecule has 3 N–H and O–H groups in total. The average molecular weight is 473 g/mol. The summed E-state index contributed by atoms with van der Waals surface area (Å²) in [6.45, 7) is 6.84. The minimum Gasteiger partial charge on any atom is -0.488 e. The lowest BCUT2D eigenvalue weighted by molar-refractivity contribution is 0.0933. The third-order valence-electron chi connectivity index (χ3n) is 6.35. The monoisotopic (exact) mass is 472 g/mol. The molecule has 1 atom stereocenters. The standard InChI is InChI=1S/C28H32N4O3/c1-21(31-14-16-32(17-15-31)24-10-3-2-4-11-24)19-30-28(34)23-9-7-8-22(18-23)20-35-26-13-6-5-12-25(26)27(29)33/h2-13,18,21H,14-17,19-20H2,1H3,(H2,29,33)(H,30,34). The first-order chi connectivity index (χ1) is 17.0. The van der Waals surface area contributed by atoms with Crippen molar-refractivity contribution in [3.8, 4) is 5.75 Å². The van der Waals surface area contributed by atoms with Crippen molar-refractivity contribution in [2.24, 2.45) is 5.73 Å². The van der Waals surface area contributed by atoms with Crippen molar-refractivity contribution >= 4 is 17.5 Å². The van der Waals surface area contributed by atoms with E-state index in [1.807, 2.05) is 24.3 Å². The maximum absolute atomic E-state index is 12.8. The highest BCUT2D eigenvalue weighted by atomic mass is 16.5. The molecule has 1 aliphatic heterocycles. The first kappa shape index (κ1) is 24.3. The van der Waals surface area contributed by atoms with Crippen LogP contribution in [0.1, 0.15) is 33.2 Å². The van der Waals surface area contributed by atoms with Crippen molar-refractivity contribution in [2.75, 3.05) is 37.6 Å². The second-order valence-electron chi connectivity index (χ2n) is 8.77. The van der Waals surface area contributed by atoms with Crippen LogP contribution in [0, 0.1) is 0 Å². The minimum atomic E-state index is -0.538. The van der Waals surface area contributed by atoms with E-state index in [1.165, 1.54) is 5.69 Å². The van der Waals surface area contributed by atoms with E-state index in [0.29, 0.717) is 23.4 Å². The van der Waals surface area contributed by atoms with Crippen LogP contribution in [-0.2, 0) is 6.61 Å². The highest BCUT2D eigenvalue weighted by Crippen LogP contribution is 2.19. The normalized spacial score (nSPS) is 14.8. The molecule has 1 fully saturated rings. The lowest BCUT2D eigenvalue weighted by atomic mass is 10.1. The van der Waals surface area contributed by atoms with Crippen LogP contribution in [0.2, 0.25) is 0 Å². The number of nitrogens with one attached hydrogen (secondary N) is 1. The molecule has 3 aromatic rings. The summed E-state index contributed by atoms with van der Waals surface area (Å²) in [7, 11) is 0. The molecular formula is C28H32N4O3. The summed E-state index contributed by atoms with van der Waals surface area (Å²) in [5, 5.41) is 3.07. The van der Waals surface area contributed by atoms with Gasteiger partial charge in [0, 0.05) is 50.0 Å². The van der Waals surface area contributed by atoms with Gasteiger partial charge in [-0.1, -0.05) is 42.5 Å². The van der Waals surface area contributed by atoms with Crippen LogP contribution in [0.4, 0.5) is 5.69 Å². The molecule has 35 heavy (non-hydrogen) atoms. The first-order valence-corrected chi connectivity index (χ1v) is 11.9. The van der Waals surface area contributed by atoms with Gasteiger partial charge in [0.15, 0.2) is 0 Å². The lowest BCUT2D eigenvalue weighted by Crippen LogP contribution is -2.52. The van der Waals surface area contributed by atoms with Gasteiger partial charge in [0.25, 0.3) is 11.8 Å². The molecule has 182 valence electrons. The quantitative estimate of drug-likeness (QED) is 0.499. The number of benzene rings is 3. The summed E-state index contributed by atoms with van der Waals surface area (Å²) in [6, 6.07) is 24.9. The second kappa shape index (κ2) is 11.5. The Bertz CT molecular complexity index is 1140.